The molecule has 4 rings (SSSR count). The molecule has 3 unspecified atom stereocenters. The SMILES string of the molecule is NC(=O)CN1OC2C(=O)N(c3ccc(Br)cc3)C(=O)C2C1c1ccccn1. The van der Waals surface area contributed by atoms with Crippen LogP contribution in [-0.2, 0) is 19.2 Å². The third kappa shape index (κ3) is 3.03. The molecule has 1 aromatic heterocycles. The molecular weight excluding hydrogens is 416 g/mol. The molecule has 1 aromatic carbocycles. The van der Waals surface area contributed by atoms with E-state index in [1.54, 1.807) is 48.7 Å². The van der Waals surface area contributed by atoms with Crippen LogP contribution in [0.4, 0.5) is 5.69 Å². The van der Waals surface area contributed by atoms with E-state index in [0.717, 1.165) is 9.37 Å². The number of imide groups is 1. The molecule has 9 heteroatoms. The number of hydrogen-bond donors (Lipinski definition) is 1. The van der Waals surface area contributed by atoms with Gasteiger partial charge in [-0.25, -0.2) is 4.90 Å². The number of fused-ring (bicyclic) bond motifs is 1. The topological polar surface area (TPSA) is 106 Å². The molecular formula is C18H15BrN4O4. The van der Waals surface area contributed by atoms with Gasteiger partial charge in [-0.3, -0.25) is 24.2 Å². The van der Waals surface area contributed by atoms with Crippen LogP contribution < -0.4 is 10.6 Å². The van der Waals surface area contributed by atoms with Crippen molar-refractivity contribution in [1.82, 2.24) is 10.0 Å². The number of anilines is 1. The maximum absolute atomic E-state index is 13.1. The van der Waals surface area contributed by atoms with Gasteiger partial charge in [-0.1, -0.05) is 22.0 Å². The summed E-state index contributed by atoms with van der Waals surface area (Å²) < 4.78 is 0.834. The second-order valence-electron chi connectivity index (χ2n) is 6.28. The number of aromatic nitrogens is 1. The molecule has 2 fully saturated rings. The predicted octanol–water partition coefficient (Wildman–Crippen LogP) is 1.18. The van der Waals surface area contributed by atoms with Crippen molar-refractivity contribution in [3.8, 4) is 0 Å². The molecule has 138 valence electrons. The van der Waals surface area contributed by atoms with Crippen molar-refractivity contribution in [2.45, 2.75) is 12.1 Å². The summed E-state index contributed by atoms with van der Waals surface area (Å²) in [5.41, 5.74) is 6.30. The Hall–Kier alpha value is -2.62. The maximum Gasteiger partial charge on any atom is 0.265 e. The first-order valence-corrected chi connectivity index (χ1v) is 9.02. The number of benzene rings is 1. The number of amides is 3. The average Bonchev–Trinajstić information content (AvgIpc) is 3.12. The lowest BCUT2D eigenvalue weighted by Crippen LogP contribution is -2.40. The number of hydroxylamine groups is 2. The van der Waals surface area contributed by atoms with Crippen molar-refractivity contribution in [2.24, 2.45) is 11.7 Å². The van der Waals surface area contributed by atoms with Crippen LogP contribution in [0, 0.1) is 5.92 Å². The predicted molar refractivity (Wildman–Crippen MR) is 97.9 cm³/mol. The third-order valence-corrected chi connectivity index (χ3v) is 5.11. The highest BCUT2D eigenvalue weighted by Crippen LogP contribution is 2.44. The number of hydrogen-bond acceptors (Lipinski definition) is 6. The van der Waals surface area contributed by atoms with Crippen molar-refractivity contribution in [1.29, 1.82) is 0 Å². The summed E-state index contributed by atoms with van der Waals surface area (Å²) >= 11 is 3.33. The van der Waals surface area contributed by atoms with E-state index >= 15 is 0 Å². The van der Waals surface area contributed by atoms with Crippen LogP contribution in [0.15, 0.2) is 53.1 Å². The largest absolute Gasteiger partial charge is 0.368 e. The second kappa shape index (κ2) is 6.84. The number of halogens is 1. The fourth-order valence-electron chi connectivity index (χ4n) is 3.49. The van der Waals surface area contributed by atoms with E-state index in [0.29, 0.717) is 11.4 Å². The summed E-state index contributed by atoms with van der Waals surface area (Å²) in [7, 11) is 0. The Labute approximate surface area is 163 Å². The monoisotopic (exact) mass is 430 g/mol. The van der Waals surface area contributed by atoms with Crippen molar-refractivity contribution in [3.63, 3.8) is 0 Å². The Kier molecular flexibility index (Phi) is 4.50. The van der Waals surface area contributed by atoms with Crippen LogP contribution in [0.25, 0.3) is 0 Å². The number of primary amides is 1. The molecule has 0 bridgehead atoms. The van der Waals surface area contributed by atoms with Crippen molar-refractivity contribution in [3.05, 3.63) is 58.8 Å². The number of carbonyl (C=O) groups is 3. The fourth-order valence-corrected chi connectivity index (χ4v) is 3.75. The molecule has 2 aromatic rings. The second-order valence-corrected chi connectivity index (χ2v) is 7.20. The molecule has 3 atom stereocenters. The number of nitrogens with zero attached hydrogens (tertiary/aromatic N) is 3. The van der Waals surface area contributed by atoms with Gasteiger partial charge in [0, 0.05) is 10.7 Å². The summed E-state index contributed by atoms with van der Waals surface area (Å²) in [4.78, 5) is 48.6. The standard InChI is InChI=1S/C18H15BrN4O4/c19-10-4-6-11(7-5-10)23-17(25)14-15(12-3-1-2-8-21-12)22(9-13(20)24)27-16(14)18(23)26/h1-8,14-16H,9H2,(H2,20,24). The van der Waals surface area contributed by atoms with Crippen molar-refractivity contribution in [2.75, 3.05) is 11.4 Å². The van der Waals surface area contributed by atoms with E-state index < -0.39 is 35.8 Å². The third-order valence-electron chi connectivity index (χ3n) is 4.58. The molecule has 0 spiro atoms. The van der Waals surface area contributed by atoms with Gasteiger partial charge in [0.2, 0.25) is 11.8 Å². The quantitative estimate of drug-likeness (QED) is 0.729. The molecule has 3 amide bonds. The molecule has 0 aliphatic carbocycles. The zero-order chi connectivity index (χ0) is 19.1. The van der Waals surface area contributed by atoms with Crippen LogP contribution >= 0.6 is 15.9 Å². The Morgan fingerprint density at radius 1 is 1.15 bits per heavy atom. The van der Waals surface area contributed by atoms with Crippen LogP contribution in [0.2, 0.25) is 0 Å². The van der Waals surface area contributed by atoms with Gasteiger partial charge in [-0.05, 0) is 36.4 Å². The highest BCUT2D eigenvalue weighted by Gasteiger charge is 2.60. The van der Waals surface area contributed by atoms with E-state index in [1.807, 2.05) is 0 Å². The highest BCUT2D eigenvalue weighted by molar-refractivity contribution is 9.10. The first-order chi connectivity index (χ1) is 13.0. The molecule has 3 heterocycles. The normalized spacial score (nSPS) is 25.1. The smallest absolute Gasteiger partial charge is 0.265 e. The Morgan fingerprint density at radius 2 is 1.89 bits per heavy atom. The summed E-state index contributed by atoms with van der Waals surface area (Å²) in [5, 5.41) is 1.29. The zero-order valence-corrected chi connectivity index (χ0v) is 15.6. The lowest BCUT2D eigenvalue weighted by Gasteiger charge is -2.25. The molecule has 2 aliphatic heterocycles. The minimum absolute atomic E-state index is 0.243. The van der Waals surface area contributed by atoms with Gasteiger partial charge in [0.15, 0.2) is 6.10 Å². The summed E-state index contributed by atoms with van der Waals surface area (Å²) in [5.74, 6) is -2.30. The van der Waals surface area contributed by atoms with E-state index in [-0.39, 0.29) is 6.54 Å². The average molecular weight is 431 g/mol. The highest BCUT2D eigenvalue weighted by atomic mass is 79.9. The zero-order valence-electron chi connectivity index (χ0n) is 14.0. The van der Waals surface area contributed by atoms with Gasteiger partial charge in [0.05, 0.1) is 23.3 Å². The van der Waals surface area contributed by atoms with Gasteiger partial charge >= 0.3 is 0 Å². The Bertz CT molecular complexity index is 905. The van der Waals surface area contributed by atoms with Crippen LogP contribution in [0.5, 0.6) is 0 Å². The van der Waals surface area contributed by atoms with Gasteiger partial charge in [-0.2, -0.15) is 5.06 Å². The lowest BCUT2D eigenvalue weighted by molar-refractivity contribution is -0.175. The number of nitrogens with two attached hydrogens (primary N) is 1. The van der Waals surface area contributed by atoms with Gasteiger partial charge in [0.1, 0.15) is 6.54 Å². The van der Waals surface area contributed by atoms with Crippen molar-refractivity contribution >= 4 is 39.3 Å². The van der Waals surface area contributed by atoms with Gasteiger partial charge in [-0.15, -0.1) is 0 Å². The van der Waals surface area contributed by atoms with Gasteiger partial charge < -0.3 is 5.73 Å². The molecule has 2 N–H and O–H groups in total. The van der Waals surface area contributed by atoms with E-state index in [2.05, 4.69) is 20.9 Å². The van der Waals surface area contributed by atoms with Crippen LogP contribution in [-0.4, -0.2) is 40.4 Å². The van der Waals surface area contributed by atoms with E-state index in [4.69, 9.17) is 10.6 Å². The first-order valence-electron chi connectivity index (χ1n) is 8.23. The summed E-state index contributed by atoms with van der Waals surface area (Å²) in [6.07, 6.45) is 0.561. The maximum atomic E-state index is 13.1. The summed E-state index contributed by atoms with van der Waals surface area (Å²) in [6, 6.07) is 11.4. The summed E-state index contributed by atoms with van der Waals surface area (Å²) in [6.45, 7) is -0.243. The minimum Gasteiger partial charge on any atom is -0.368 e. The lowest BCUT2D eigenvalue weighted by atomic mass is 9.94. The van der Waals surface area contributed by atoms with Crippen LogP contribution in [0.3, 0.4) is 0 Å². The molecule has 8 nitrogen and oxygen atoms in total. The van der Waals surface area contributed by atoms with E-state index in [1.165, 1.54) is 5.06 Å². The number of carbonyl (C=O) groups excluding carboxylic acids is 3. The van der Waals surface area contributed by atoms with Crippen molar-refractivity contribution < 1.29 is 19.2 Å². The molecule has 2 saturated heterocycles. The minimum atomic E-state index is -1.02. The van der Waals surface area contributed by atoms with Crippen LogP contribution in [0.1, 0.15) is 11.7 Å². The molecule has 2 aliphatic rings. The molecule has 27 heavy (non-hydrogen) atoms. The van der Waals surface area contributed by atoms with Gasteiger partial charge in [0.25, 0.3) is 5.91 Å². The molecule has 0 radical (unpaired) electrons. The fraction of sp³-hybridized carbons (Fsp3) is 0.222. The van der Waals surface area contributed by atoms with E-state index in [9.17, 15) is 14.4 Å². The Morgan fingerprint density at radius 3 is 2.52 bits per heavy atom. The number of rotatable bonds is 4. The number of pyridine rings is 1. The molecule has 0 saturated carbocycles. The Balaban J connectivity index is 1.72. The first kappa shape index (κ1) is 17.8.